The van der Waals surface area contributed by atoms with Crippen molar-refractivity contribution in [2.45, 2.75) is 19.3 Å². The van der Waals surface area contributed by atoms with E-state index in [9.17, 15) is 18.0 Å². The monoisotopic (exact) mass is 450 g/mol. The predicted octanol–water partition coefficient (Wildman–Crippen LogP) is 4.35. The van der Waals surface area contributed by atoms with Crippen LogP contribution in [0.4, 0.5) is 13.2 Å². The lowest BCUT2D eigenvalue weighted by molar-refractivity contribution is -0.137. The van der Waals surface area contributed by atoms with Crippen molar-refractivity contribution in [3.05, 3.63) is 57.6 Å². The number of hydrogen-bond acceptors (Lipinski definition) is 4. The van der Waals surface area contributed by atoms with E-state index >= 15 is 0 Å². The Bertz CT molecular complexity index is 848. The highest BCUT2D eigenvalue weighted by Crippen LogP contribution is 2.30. The third-order valence-corrected chi connectivity index (χ3v) is 4.31. The molecule has 2 rings (SSSR count). The molecule has 158 valence electrons. The minimum atomic E-state index is -4.44. The fraction of sp³-hybridized carbons (Fsp3) is 0.316. The van der Waals surface area contributed by atoms with Gasteiger partial charge in [-0.15, -0.1) is 0 Å². The molecule has 0 saturated carbocycles. The number of ether oxygens (including phenoxy) is 2. The zero-order valence-corrected chi connectivity index (χ0v) is 16.9. The van der Waals surface area contributed by atoms with Crippen molar-refractivity contribution in [3.63, 3.8) is 0 Å². The maximum atomic E-state index is 12.1. The molecular formula is C19H19Cl2F3N2O3. The maximum Gasteiger partial charge on any atom is 0.405 e. The first kappa shape index (κ1) is 23.1. The van der Waals surface area contributed by atoms with Crippen LogP contribution in [0.2, 0.25) is 10.0 Å². The maximum absolute atomic E-state index is 12.1. The van der Waals surface area contributed by atoms with Gasteiger partial charge in [-0.05, 0) is 29.8 Å². The molecule has 0 radical (unpaired) electrons. The molecule has 0 fully saturated rings. The van der Waals surface area contributed by atoms with Gasteiger partial charge in [-0.2, -0.15) is 13.2 Å². The van der Waals surface area contributed by atoms with Crippen molar-refractivity contribution in [3.8, 4) is 11.5 Å². The minimum Gasteiger partial charge on any atom is -0.493 e. The molecule has 2 aromatic carbocycles. The molecule has 0 heterocycles. The molecule has 1 amide bonds. The molecule has 2 N–H and O–H groups in total. The quantitative estimate of drug-likeness (QED) is 0.596. The summed E-state index contributed by atoms with van der Waals surface area (Å²) in [5.41, 5.74) is 1.52. The van der Waals surface area contributed by atoms with Crippen molar-refractivity contribution >= 4 is 29.1 Å². The van der Waals surface area contributed by atoms with E-state index < -0.39 is 18.6 Å². The summed E-state index contributed by atoms with van der Waals surface area (Å²) in [6, 6.07) is 10.3. The summed E-state index contributed by atoms with van der Waals surface area (Å²) in [7, 11) is 1.49. The van der Waals surface area contributed by atoms with Crippen LogP contribution in [0.3, 0.4) is 0 Å². The first-order valence-electron chi connectivity index (χ1n) is 8.46. The Balaban J connectivity index is 1.88. The molecule has 5 nitrogen and oxygen atoms in total. The number of nitrogens with one attached hydrogen (secondary N) is 2. The van der Waals surface area contributed by atoms with E-state index in [1.54, 1.807) is 41.7 Å². The lowest BCUT2D eigenvalue weighted by atomic mass is 10.2. The second-order valence-electron chi connectivity index (χ2n) is 6.01. The average molecular weight is 451 g/mol. The molecule has 0 atom stereocenters. The minimum absolute atomic E-state index is 0.212. The number of rotatable bonds is 9. The van der Waals surface area contributed by atoms with Crippen LogP contribution in [-0.4, -0.2) is 32.3 Å². The summed E-state index contributed by atoms with van der Waals surface area (Å²) >= 11 is 12.0. The van der Waals surface area contributed by atoms with E-state index in [1.165, 1.54) is 7.11 Å². The van der Waals surface area contributed by atoms with Gasteiger partial charge in [-0.25, -0.2) is 0 Å². The van der Waals surface area contributed by atoms with Gasteiger partial charge in [0, 0.05) is 22.2 Å². The van der Waals surface area contributed by atoms with Crippen molar-refractivity contribution in [2.24, 2.45) is 0 Å². The van der Waals surface area contributed by atoms with Crippen molar-refractivity contribution in [1.29, 1.82) is 0 Å². The smallest absolute Gasteiger partial charge is 0.405 e. The zero-order valence-electron chi connectivity index (χ0n) is 15.4. The predicted molar refractivity (Wildman–Crippen MR) is 105 cm³/mol. The number of carbonyl (C=O) groups is 1. The van der Waals surface area contributed by atoms with Gasteiger partial charge in [0.2, 0.25) is 5.91 Å². The summed E-state index contributed by atoms with van der Waals surface area (Å²) in [5.74, 6) is 0.218. The largest absolute Gasteiger partial charge is 0.493 e. The summed E-state index contributed by atoms with van der Waals surface area (Å²) in [6.45, 7) is -1.13. The van der Waals surface area contributed by atoms with Crippen LogP contribution in [0.25, 0.3) is 0 Å². The Morgan fingerprint density at radius 3 is 2.52 bits per heavy atom. The van der Waals surface area contributed by atoms with E-state index in [2.05, 4.69) is 5.32 Å². The van der Waals surface area contributed by atoms with Gasteiger partial charge in [0.15, 0.2) is 11.5 Å². The number of halogens is 5. The summed E-state index contributed by atoms with van der Waals surface area (Å²) in [6.07, 6.45) is -4.44. The molecule has 29 heavy (non-hydrogen) atoms. The molecule has 0 bridgehead atoms. The number of benzene rings is 2. The van der Waals surface area contributed by atoms with Gasteiger partial charge in [0.1, 0.15) is 13.2 Å². The van der Waals surface area contributed by atoms with Gasteiger partial charge < -0.3 is 20.1 Å². The number of carbonyl (C=O) groups excluding carboxylic acids is 1. The molecule has 0 spiro atoms. The van der Waals surface area contributed by atoms with Gasteiger partial charge in [-0.3, -0.25) is 4.79 Å². The first-order valence-corrected chi connectivity index (χ1v) is 9.21. The van der Waals surface area contributed by atoms with Crippen LogP contribution >= 0.6 is 23.2 Å². The molecule has 0 saturated heterocycles. The summed E-state index contributed by atoms with van der Waals surface area (Å²) in [5, 5.41) is 5.58. The van der Waals surface area contributed by atoms with Gasteiger partial charge in [0.25, 0.3) is 0 Å². The molecule has 10 heteroatoms. The van der Waals surface area contributed by atoms with Crippen molar-refractivity contribution in [1.82, 2.24) is 10.6 Å². The second kappa shape index (κ2) is 10.6. The van der Waals surface area contributed by atoms with E-state index in [-0.39, 0.29) is 19.7 Å². The van der Waals surface area contributed by atoms with Crippen LogP contribution in [0.5, 0.6) is 11.5 Å². The molecule has 0 aliphatic carbocycles. The highest BCUT2D eigenvalue weighted by molar-refractivity contribution is 6.35. The third-order valence-electron chi connectivity index (χ3n) is 3.73. The highest BCUT2D eigenvalue weighted by Gasteiger charge is 2.27. The van der Waals surface area contributed by atoms with Crippen LogP contribution < -0.4 is 20.1 Å². The molecule has 0 aliphatic heterocycles. The van der Waals surface area contributed by atoms with Crippen LogP contribution in [0, 0.1) is 0 Å². The molecular weight excluding hydrogens is 432 g/mol. The molecule has 0 aliphatic rings. The standard InChI is InChI=1S/C19H19Cl2F3N2O3/c1-28-17-6-12(8-25-9-18(27)26-11-19(22,23)24)2-5-16(17)29-10-13-3-4-14(20)7-15(13)21/h2-7,25H,8-11H2,1H3,(H,26,27). The Morgan fingerprint density at radius 1 is 1.10 bits per heavy atom. The number of hydrogen-bond donors (Lipinski definition) is 2. The molecule has 0 aromatic heterocycles. The Hall–Kier alpha value is -2.16. The second-order valence-corrected chi connectivity index (χ2v) is 6.85. The summed E-state index contributed by atoms with van der Waals surface area (Å²) in [4.78, 5) is 11.4. The third kappa shape index (κ3) is 8.00. The Labute approximate surface area is 176 Å². The number of alkyl halides is 3. The SMILES string of the molecule is COc1cc(CNCC(=O)NCC(F)(F)F)ccc1OCc1ccc(Cl)cc1Cl. The Morgan fingerprint density at radius 2 is 1.86 bits per heavy atom. The van der Waals surface area contributed by atoms with Crippen molar-refractivity contribution < 1.29 is 27.4 Å². The van der Waals surface area contributed by atoms with Gasteiger partial charge in [-0.1, -0.05) is 35.3 Å². The van der Waals surface area contributed by atoms with Crippen LogP contribution in [0.1, 0.15) is 11.1 Å². The lowest BCUT2D eigenvalue weighted by Crippen LogP contribution is -2.39. The normalized spacial score (nSPS) is 11.2. The van der Waals surface area contributed by atoms with E-state index in [1.807, 2.05) is 0 Å². The topological polar surface area (TPSA) is 59.6 Å². The Kier molecular flexibility index (Phi) is 8.43. The van der Waals surface area contributed by atoms with E-state index in [0.29, 0.717) is 21.5 Å². The molecule has 2 aromatic rings. The average Bonchev–Trinajstić information content (AvgIpc) is 2.65. The van der Waals surface area contributed by atoms with E-state index in [0.717, 1.165) is 11.1 Å². The lowest BCUT2D eigenvalue weighted by Gasteiger charge is -2.13. The van der Waals surface area contributed by atoms with Crippen LogP contribution in [-0.2, 0) is 17.9 Å². The van der Waals surface area contributed by atoms with Gasteiger partial charge >= 0.3 is 6.18 Å². The first-order chi connectivity index (χ1) is 13.7. The zero-order chi connectivity index (χ0) is 21.4. The molecule has 0 unspecified atom stereocenters. The number of amides is 1. The van der Waals surface area contributed by atoms with Crippen LogP contribution in [0.15, 0.2) is 36.4 Å². The van der Waals surface area contributed by atoms with E-state index in [4.69, 9.17) is 32.7 Å². The number of methoxy groups -OCH3 is 1. The fourth-order valence-corrected chi connectivity index (χ4v) is 2.78. The van der Waals surface area contributed by atoms with Gasteiger partial charge in [0.05, 0.1) is 13.7 Å². The van der Waals surface area contributed by atoms with Crippen molar-refractivity contribution in [2.75, 3.05) is 20.2 Å². The highest BCUT2D eigenvalue weighted by atomic mass is 35.5. The summed E-state index contributed by atoms with van der Waals surface area (Å²) < 4.78 is 47.3. The fourth-order valence-electron chi connectivity index (χ4n) is 2.32.